The highest BCUT2D eigenvalue weighted by Crippen LogP contribution is 2.57. The summed E-state index contributed by atoms with van der Waals surface area (Å²) in [5.74, 6) is -1.94. The highest BCUT2D eigenvalue weighted by atomic mass is 19.4. The molecule has 0 saturated carbocycles. The standard InChI is InChI=1S/C15H16F3NO2/c1-14-7-6-10(21-14)11(13(19)20)12(14)8-4-2-3-5-9(8)15(16,17)18/h2-5,10-12H,6-7H2,1H3,(H2,19,20). The molecular formula is C15H16F3NO2. The van der Waals surface area contributed by atoms with Crippen molar-refractivity contribution in [3.05, 3.63) is 35.4 Å². The average molecular weight is 299 g/mol. The van der Waals surface area contributed by atoms with Crippen molar-refractivity contribution in [2.24, 2.45) is 11.7 Å². The van der Waals surface area contributed by atoms with Crippen molar-refractivity contribution >= 4 is 5.91 Å². The van der Waals surface area contributed by atoms with Gasteiger partial charge in [-0.25, -0.2) is 0 Å². The van der Waals surface area contributed by atoms with E-state index in [-0.39, 0.29) is 11.7 Å². The number of carbonyl (C=O) groups is 1. The molecule has 4 atom stereocenters. The maximum absolute atomic E-state index is 13.2. The number of halogens is 3. The van der Waals surface area contributed by atoms with E-state index in [1.54, 1.807) is 13.0 Å². The van der Waals surface area contributed by atoms with Gasteiger partial charge in [-0.1, -0.05) is 18.2 Å². The molecule has 4 unspecified atom stereocenters. The predicted octanol–water partition coefficient (Wildman–Crippen LogP) is 2.84. The average Bonchev–Trinajstić information content (AvgIpc) is 2.90. The molecule has 2 fully saturated rings. The molecule has 2 heterocycles. The number of fused-ring (bicyclic) bond motifs is 2. The molecule has 2 bridgehead atoms. The van der Waals surface area contributed by atoms with E-state index in [9.17, 15) is 18.0 Å². The third-order valence-corrected chi connectivity index (χ3v) is 4.69. The van der Waals surface area contributed by atoms with Gasteiger partial charge in [0.1, 0.15) is 0 Å². The summed E-state index contributed by atoms with van der Waals surface area (Å²) in [5, 5.41) is 0. The number of nitrogens with two attached hydrogens (primary N) is 1. The van der Waals surface area contributed by atoms with Crippen LogP contribution in [0.25, 0.3) is 0 Å². The third-order valence-electron chi connectivity index (χ3n) is 4.69. The number of alkyl halides is 3. The van der Waals surface area contributed by atoms with Crippen LogP contribution < -0.4 is 5.73 Å². The van der Waals surface area contributed by atoms with Crippen LogP contribution in [-0.4, -0.2) is 17.6 Å². The van der Waals surface area contributed by atoms with Crippen molar-refractivity contribution in [2.75, 3.05) is 0 Å². The lowest BCUT2D eigenvalue weighted by Gasteiger charge is -2.34. The van der Waals surface area contributed by atoms with Crippen LogP contribution in [0.3, 0.4) is 0 Å². The minimum atomic E-state index is -4.46. The van der Waals surface area contributed by atoms with Crippen molar-refractivity contribution in [3.8, 4) is 0 Å². The maximum atomic E-state index is 13.2. The number of primary amides is 1. The van der Waals surface area contributed by atoms with Crippen LogP contribution in [0.4, 0.5) is 13.2 Å². The fraction of sp³-hybridized carbons (Fsp3) is 0.533. The van der Waals surface area contributed by atoms with Crippen LogP contribution in [0.5, 0.6) is 0 Å². The van der Waals surface area contributed by atoms with Crippen molar-refractivity contribution < 1.29 is 22.7 Å². The van der Waals surface area contributed by atoms with Gasteiger partial charge < -0.3 is 10.5 Å². The van der Waals surface area contributed by atoms with Crippen LogP contribution in [0.15, 0.2) is 24.3 Å². The lowest BCUT2D eigenvalue weighted by atomic mass is 9.68. The summed E-state index contributed by atoms with van der Waals surface area (Å²) < 4.78 is 45.5. The molecule has 2 aliphatic heterocycles. The number of benzene rings is 1. The number of carbonyl (C=O) groups excluding carboxylic acids is 1. The second-order valence-electron chi connectivity index (χ2n) is 6.00. The molecule has 6 heteroatoms. The minimum absolute atomic E-state index is 0.110. The van der Waals surface area contributed by atoms with E-state index in [0.29, 0.717) is 12.8 Å². The first-order valence-corrected chi connectivity index (χ1v) is 6.87. The second kappa shape index (κ2) is 4.47. The molecule has 1 amide bonds. The van der Waals surface area contributed by atoms with E-state index in [0.717, 1.165) is 6.07 Å². The van der Waals surface area contributed by atoms with Gasteiger partial charge >= 0.3 is 6.18 Å². The Kier molecular flexibility index (Phi) is 3.06. The molecule has 1 aromatic carbocycles. The van der Waals surface area contributed by atoms with E-state index in [4.69, 9.17) is 10.5 Å². The molecule has 114 valence electrons. The summed E-state index contributed by atoms with van der Waals surface area (Å²) in [7, 11) is 0. The largest absolute Gasteiger partial charge is 0.416 e. The quantitative estimate of drug-likeness (QED) is 0.913. The van der Waals surface area contributed by atoms with Crippen LogP contribution in [0.1, 0.15) is 36.8 Å². The second-order valence-corrected chi connectivity index (χ2v) is 6.00. The molecule has 2 aliphatic rings. The number of hydrogen-bond donors (Lipinski definition) is 1. The SMILES string of the molecule is CC12CCC(O1)C(C(N)=O)C2c1ccccc1C(F)(F)F. The van der Waals surface area contributed by atoms with Crippen LogP contribution >= 0.6 is 0 Å². The van der Waals surface area contributed by atoms with Crippen molar-refractivity contribution in [2.45, 2.75) is 43.6 Å². The van der Waals surface area contributed by atoms with Crippen molar-refractivity contribution in [3.63, 3.8) is 0 Å². The van der Waals surface area contributed by atoms with Crippen LogP contribution in [0, 0.1) is 5.92 Å². The summed E-state index contributed by atoms with van der Waals surface area (Å²) >= 11 is 0. The van der Waals surface area contributed by atoms with Gasteiger partial charge in [0.2, 0.25) is 5.91 Å². The Morgan fingerprint density at radius 1 is 1.38 bits per heavy atom. The molecule has 0 radical (unpaired) electrons. The highest BCUT2D eigenvalue weighted by molar-refractivity contribution is 5.79. The van der Waals surface area contributed by atoms with Gasteiger partial charge in [0.15, 0.2) is 0 Å². The molecule has 21 heavy (non-hydrogen) atoms. The Hall–Kier alpha value is -1.56. The molecule has 3 rings (SSSR count). The summed E-state index contributed by atoms with van der Waals surface area (Å²) in [6, 6.07) is 5.38. The van der Waals surface area contributed by atoms with Crippen LogP contribution in [-0.2, 0) is 15.7 Å². The van der Waals surface area contributed by atoms with E-state index in [1.807, 2.05) is 0 Å². The fourth-order valence-electron chi connectivity index (χ4n) is 3.86. The normalized spacial score (nSPS) is 35.1. The topological polar surface area (TPSA) is 52.3 Å². The van der Waals surface area contributed by atoms with Gasteiger partial charge in [-0.2, -0.15) is 13.2 Å². The summed E-state index contributed by atoms with van der Waals surface area (Å²) in [5.41, 5.74) is 4.07. The van der Waals surface area contributed by atoms with Gasteiger partial charge in [-0.15, -0.1) is 0 Å². The highest BCUT2D eigenvalue weighted by Gasteiger charge is 2.60. The maximum Gasteiger partial charge on any atom is 0.416 e. The first-order chi connectivity index (χ1) is 9.74. The van der Waals surface area contributed by atoms with E-state index < -0.39 is 35.1 Å². The smallest absolute Gasteiger partial charge is 0.371 e. The fourth-order valence-corrected chi connectivity index (χ4v) is 3.86. The zero-order valence-electron chi connectivity index (χ0n) is 11.5. The molecule has 2 N–H and O–H groups in total. The first-order valence-electron chi connectivity index (χ1n) is 6.87. The summed E-state index contributed by atoms with van der Waals surface area (Å²) in [4.78, 5) is 11.7. The minimum Gasteiger partial charge on any atom is -0.371 e. The Morgan fingerprint density at radius 2 is 2.05 bits per heavy atom. The van der Waals surface area contributed by atoms with Gasteiger partial charge in [0.25, 0.3) is 0 Å². The predicted molar refractivity (Wildman–Crippen MR) is 69.4 cm³/mol. The summed E-state index contributed by atoms with van der Waals surface area (Å²) in [6.07, 6.45) is -3.54. The van der Waals surface area contributed by atoms with Gasteiger partial charge in [0, 0.05) is 5.92 Å². The molecule has 1 aromatic rings. The number of amides is 1. The molecule has 3 nitrogen and oxygen atoms in total. The molecule has 0 aromatic heterocycles. The van der Waals surface area contributed by atoms with E-state index in [2.05, 4.69) is 0 Å². The van der Waals surface area contributed by atoms with E-state index >= 15 is 0 Å². The van der Waals surface area contributed by atoms with Crippen molar-refractivity contribution in [1.29, 1.82) is 0 Å². The van der Waals surface area contributed by atoms with Crippen LogP contribution in [0.2, 0.25) is 0 Å². The number of rotatable bonds is 2. The monoisotopic (exact) mass is 299 g/mol. The number of hydrogen-bond acceptors (Lipinski definition) is 2. The molecule has 0 aliphatic carbocycles. The van der Waals surface area contributed by atoms with E-state index in [1.165, 1.54) is 12.1 Å². The lowest BCUT2D eigenvalue weighted by molar-refractivity contribution is -0.139. The number of ether oxygens (including phenoxy) is 1. The zero-order chi connectivity index (χ0) is 15.4. The zero-order valence-corrected chi connectivity index (χ0v) is 11.5. The molecular weight excluding hydrogens is 283 g/mol. The Bertz CT molecular complexity index is 587. The summed E-state index contributed by atoms with van der Waals surface area (Å²) in [6.45, 7) is 1.77. The van der Waals surface area contributed by atoms with Gasteiger partial charge in [-0.05, 0) is 31.4 Å². The van der Waals surface area contributed by atoms with Gasteiger partial charge in [0.05, 0.1) is 23.2 Å². The van der Waals surface area contributed by atoms with Gasteiger partial charge in [-0.3, -0.25) is 4.79 Å². The Balaban J connectivity index is 2.13. The molecule has 0 spiro atoms. The first kappa shape index (κ1) is 14.4. The lowest BCUT2D eigenvalue weighted by Crippen LogP contribution is -2.40. The van der Waals surface area contributed by atoms with Crippen molar-refractivity contribution in [1.82, 2.24) is 0 Å². The third kappa shape index (κ3) is 2.12. The Labute approximate surface area is 120 Å². The molecule has 2 saturated heterocycles. The Morgan fingerprint density at radius 3 is 2.67 bits per heavy atom.